The van der Waals surface area contributed by atoms with Crippen molar-refractivity contribution in [2.24, 2.45) is 4.99 Å². The van der Waals surface area contributed by atoms with Gasteiger partial charge in [-0.15, -0.1) is 0 Å². The number of hydrogen-bond acceptors (Lipinski definition) is 5. The molecule has 4 rings (SSSR count). The average molecular weight is 388 g/mol. The maximum Gasteiger partial charge on any atom is 0.351 e. The maximum absolute atomic E-state index is 12.5. The fourth-order valence-electron chi connectivity index (χ4n) is 2.94. The van der Waals surface area contributed by atoms with Gasteiger partial charge in [-0.25, -0.2) is 9.79 Å². The number of hydrogen-bond donors (Lipinski definition) is 1. The molecule has 0 amide bonds. The summed E-state index contributed by atoms with van der Waals surface area (Å²) in [7, 11) is 0. The molecule has 0 radical (unpaired) electrons. The van der Waals surface area contributed by atoms with E-state index in [4.69, 9.17) is 16.3 Å². The summed E-state index contributed by atoms with van der Waals surface area (Å²) in [6.07, 6.45) is 0. The van der Waals surface area contributed by atoms with Gasteiger partial charge in [0.1, 0.15) is 18.4 Å². The van der Waals surface area contributed by atoms with Gasteiger partial charge in [0, 0.05) is 0 Å². The number of halogens is 1. The Morgan fingerprint density at radius 2 is 1.82 bits per heavy atom. The third-order valence-corrected chi connectivity index (χ3v) is 4.61. The summed E-state index contributed by atoms with van der Waals surface area (Å²) < 4.78 is 5.35. The van der Waals surface area contributed by atoms with E-state index in [9.17, 15) is 10.1 Å². The van der Waals surface area contributed by atoms with Crippen LogP contribution in [0.4, 0.5) is 11.4 Å². The number of aliphatic imine (C=N–C) groups is 1. The number of nitrogens with zero attached hydrogens (tertiary/aromatic N) is 2. The number of rotatable bonds is 3. The van der Waals surface area contributed by atoms with Gasteiger partial charge >= 0.3 is 5.97 Å². The number of nitrogens with one attached hydrogen (secondary N) is 1. The van der Waals surface area contributed by atoms with Gasteiger partial charge in [-0.2, -0.15) is 5.26 Å². The molecule has 136 valence electrons. The van der Waals surface area contributed by atoms with Crippen molar-refractivity contribution in [3.63, 3.8) is 0 Å². The molecule has 1 aliphatic heterocycles. The van der Waals surface area contributed by atoms with Gasteiger partial charge < -0.3 is 10.1 Å². The smallest absolute Gasteiger partial charge is 0.351 e. The van der Waals surface area contributed by atoms with E-state index < -0.39 is 5.97 Å². The van der Waals surface area contributed by atoms with Crippen LogP contribution in [-0.2, 0) is 16.1 Å². The van der Waals surface area contributed by atoms with E-state index in [0.717, 1.165) is 16.3 Å². The van der Waals surface area contributed by atoms with Crippen LogP contribution in [0.5, 0.6) is 0 Å². The number of ether oxygens (including phenoxy) is 1. The molecule has 0 fully saturated rings. The van der Waals surface area contributed by atoms with E-state index in [-0.39, 0.29) is 23.0 Å². The minimum absolute atomic E-state index is 0.0397. The number of carbonyl (C=O) groups excluding carboxylic acids is 1. The summed E-state index contributed by atoms with van der Waals surface area (Å²) in [5.41, 5.74) is 2.06. The lowest BCUT2D eigenvalue weighted by Gasteiger charge is -2.18. The Balaban J connectivity index is 1.56. The molecule has 0 bridgehead atoms. The lowest BCUT2D eigenvalue weighted by atomic mass is 10.1. The molecule has 3 aromatic rings. The Bertz CT molecular complexity index is 1190. The first-order chi connectivity index (χ1) is 13.7. The van der Waals surface area contributed by atoms with Crippen LogP contribution in [0.15, 0.2) is 83.0 Å². The van der Waals surface area contributed by atoms with E-state index in [1.807, 2.05) is 60.7 Å². The van der Waals surface area contributed by atoms with Crippen molar-refractivity contribution >= 4 is 44.9 Å². The molecule has 0 saturated carbocycles. The van der Waals surface area contributed by atoms with Gasteiger partial charge in [-0.3, -0.25) is 0 Å². The molecule has 0 unspecified atom stereocenters. The van der Waals surface area contributed by atoms with Gasteiger partial charge in [-0.1, -0.05) is 60.1 Å². The predicted molar refractivity (Wildman–Crippen MR) is 109 cm³/mol. The highest BCUT2D eigenvalue weighted by atomic mass is 35.5. The quantitative estimate of drug-likeness (QED) is 0.387. The minimum atomic E-state index is -0.758. The zero-order chi connectivity index (χ0) is 19.5. The second kappa shape index (κ2) is 7.55. The van der Waals surface area contributed by atoms with Gasteiger partial charge in [0.25, 0.3) is 0 Å². The number of nitriles is 1. The first kappa shape index (κ1) is 17.8. The molecule has 28 heavy (non-hydrogen) atoms. The fraction of sp³-hybridized carbons (Fsp3) is 0.0455. The van der Waals surface area contributed by atoms with Crippen LogP contribution in [0.25, 0.3) is 10.8 Å². The third-order valence-electron chi connectivity index (χ3n) is 4.34. The third kappa shape index (κ3) is 3.46. The summed E-state index contributed by atoms with van der Waals surface area (Å²) in [4.78, 5) is 16.7. The molecule has 3 aromatic carbocycles. The number of anilines is 1. The average Bonchev–Trinajstić information content (AvgIpc) is 2.73. The summed E-state index contributed by atoms with van der Waals surface area (Å²) in [5, 5.41) is 14.7. The van der Waals surface area contributed by atoms with Crippen molar-refractivity contribution < 1.29 is 9.53 Å². The predicted octanol–water partition coefficient (Wildman–Crippen LogP) is 5.06. The first-order valence-corrected chi connectivity index (χ1v) is 8.93. The Kier molecular flexibility index (Phi) is 4.79. The number of allylic oxidation sites excluding steroid dienone is 1. The molecule has 0 saturated heterocycles. The maximum atomic E-state index is 12.5. The number of esters is 1. The van der Waals surface area contributed by atoms with E-state index in [1.165, 1.54) is 0 Å². The molecular weight excluding hydrogens is 374 g/mol. The van der Waals surface area contributed by atoms with Crippen LogP contribution in [0.3, 0.4) is 0 Å². The van der Waals surface area contributed by atoms with Crippen LogP contribution in [-0.4, -0.2) is 11.1 Å². The lowest BCUT2D eigenvalue weighted by Crippen LogP contribution is -2.18. The second-order valence-electron chi connectivity index (χ2n) is 6.16. The van der Waals surface area contributed by atoms with Crippen LogP contribution in [0, 0.1) is 11.3 Å². The van der Waals surface area contributed by atoms with E-state index in [2.05, 4.69) is 10.3 Å². The largest absolute Gasteiger partial charge is 0.457 e. The normalized spacial score (nSPS) is 14.4. The summed E-state index contributed by atoms with van der Waals surface area (Å²) in [6, 6.07) is 22.8. The van der Waals surface area contributed by atoms with E-state index in [0.29, 0.717) is 11.4 Å². The molecule has 1 heterocycles. The lowest BCUT2D eigenvalue weighted by molar-refractivity contribution is -0.139. The number of fused-ring (bicyclic) bond motifs is 2. The fourth-order valence-corrected chi connectivity index (χ4v) is 3.18. The van der Waals surface area contributed by atoms with Crippen molar-refractivity contribution in [2.45, 2.75) is 6.61 Å². The Morgan fingerprint density at radius 1 is 1.07 bits per heavy atom. The van der Waals surface area contributed by atoms with Gasteiger partial charge in [0.2, 0.25) is 0 Å². The van der Waals surface area contributed by atoms with Crippen molar-refractivity contribution in [2.75, 3.05) is 5.32 Å². The van der Waals surface area contributed by atoms with E-state index in [1.54, 1.807) is 12.1 Å². The Labute approximate surface area is 166 Å². The highest BCUT2D eigenvalue weighted by Gasteiger charge is 2.24. The highest BCUT2D eigenvalue weighted by Crippen LogP contribution is 2.32. The monoisotopic (exact) mass is 387 g/mol. The van der Waals surface area contributed by atoms with Crippen LogP contribution in [0.1, 0.15) is 5.56 Å². The molecule has 0 aromatic heterocycles. The molecule has 0 spiro atoms. The number of para-hydroxylation sites is 2. The molecule has 6 heteroatoms. The van der Waals surface area contributed by atoms with Gasteiger partial charge in [-0.05, 0) is 34.5 Å². The topological polar surface area (TPSA) is 74.5 Å². The molecular formula is C22H14ClN3O2. The minimum Gasteiger partial charge on any atom is -0.457 e. The molecule has 1 aliphatic rings. The molecule has 0 atom stereocenters. The Hall–Kier alpha value is -3.62. The summed E-state index contributed by atoms with van der Waals surface area (Å²) in [6.45, 7) is 0.0491. The zero-order valence-electron chi connectivity index (χ0n) is 14.6. The molecule has 1 N–H and O–H groups in total. The van der Waals surface area contributed by atoms with Crippen molar-refractivity contribution in [1.82, 2.24) is 0 Å². The Morgan fingerprint density at radius 3 is 2.64 bits per heavy atom. The summed E-state index contributed by atoms with van der Waals surface area (Å²) >= 11 is 6.18. The van der Waals surface area contributed by atoms with Gasteiger partial charge in [0.15, 0.2) is 10.7 Å². The SMILES string of the molecule is N#C/C(C(=O)OCc1ccc2ccccc2c1)=C1/Nc2ccccc2N=C1Cl. The first-order valence-electron chi connectivity index (χ1n) is 8.55. The molecule has 5 nitrogen and oxygen atoms in total. The number of benzene rings is 3. The highest BCUT2D eigenvalue weighted by molar-refractivity contribution is 6.70. The van der Waals surface area contributed by atoms with Crippen molar-refractivity contribution in [3.05, 3.63) is 83.6 Å². The standard InChI is InChI=1S/C22H14ClN3O2/c23-21-20(25-18-7-3-4-8-19(18)26-21)17(12-24)22(27)28-13-14-9-10-15-5-1-2-6-16(15)11-14/h1-11,25H,13H2/b20-17-. The van der Waals surface area contributed by atoms with E-state index >= 15 is 0 Å². The van der Waals surface area contributed by atoms with Gasteiger partial charge in [0.05, 0.1) is 11.4 Å². The van der Waals surface area contributed by atoms with Crippen LogP contribution < -0.4 is 5.32 Å². The van der Waals surface area contributed by atoms with Crippen LogP contribution >= 0.6 is 11.6 Å². The zero-order valence-corrected chi connectivity index (χ0v) is 15.4. The second-order valence-corrected chi connectivity index (χ2v) is 6.52. The molecule has 0 aliphatic carbocycles. The van der Waals surface area contributed by atoms with Crippen molar-refractivity contribution in [3.8, 4) is 6.07 Å². The van der Waals surface area contributed by atoms with Crippen LogP contribution in [0.2, 0.25) is 0 Å². The summed E-state index contributed by atoms with van der Waals surface area (Å²) in [5.74, 6) is -0.758. The van der Waals surface area contributed by atoms with Crippen molar-refractivity contribution in [1.29, 1.82) is 5.26 Å². The number of carbonyl (C=O) groups is 1.